The van der Waals surface area contributed by atoms with Crippen molar-refractivity contribution in [3.63, 3.8) is 0 Å². The van der Waals surface area contributed by atoms with Gasteiger partial charge in [0.2, 0.25) is 0 Å². The van der Waals surface area contributed by atoms with Crippen LogP contribution in [-0.2, 0) is 6.54 Å². The molecule has 0 radical (unpaired) electrons. The summed E-state index contributed by atoms with van der Waals surface area (Å²) in [6, 6.07) is 5.76. The maximum absolute atomic E-state index is 6.26. The van der Waals surface area contributed by atoms with Gasteiger partial charge in [0.25, 0.3) is 0 Å². The zero-order valence-corrected chi connectivity index (χ0v) is 13.2. The number of nitrogens with zero attached hydrogens (tertiary/aromatic N) is 4. The van der Waals surface area contributed by atoms with Crippen molar-refractivity contribution in [1.29, 1.82) is 0 Å². The SMILES string of the molecule is Cc1cccnc1Cn1c(C(C)Cl)nc2cc(Cl)cnc21. The molecule has 3 rings (SSSR count). The number of rotatable bonds is 3. The highest BCUT2D eigenvalue weighted by Crippen LogP contribution is 2.26. The van der Waals surface area contributed by atoms with Gasteiger partial charge in [-0.25, -0.2) is 9.97 Å². The first-order chi connectivity index (χ1) is 10.1. The molecule has 1 unspecified atom stereocenters. The van der Waals surface area contributed by atoms with Gasteiger partial charge in [0.15, 0.2) is 5.65 Å². The molecular weight excluding hydrogens is 307 g/mol. The fourth-order valence-corrected chi connectivity index (χ4v) is 2.62. The maximum Gasteiger partial charge on any atom is 0.160 e. The largest absolute Gasteiger partial charge is 0.305 e. The van der Waals surface area contributed by atoms with E-state index in [-0.39, 0.29) is 5.38 Å². The molecule has 0 fully saturated rings. The smallest absolute Gasteiger partial charge is 0.160 e. The van der Waals surface area contributed by atoms with Crippen LogP contribution in [-0.4, -0.2) is 19.5 Å². The molecule has 6 heteroatoms. The topological polar surface area (TPSA) is 43.6 Å². The van der Waals surface area contributed by atoms with E-state index in [0.717, 1.165) is 28.2 Å². The van der Waals surface area contributed by atoms with Crippen LogP contribution < -0.4 is 0 Å². The normalized spacial score (nSPS) is 12.8. The molecule has 0 saturated carbocycles. The minimum atomic E-state index is -0.220. The molecule has 0 aliphatic carbocycles. The van der Waals surface area contributed by atoms with Crippen LogP contribution in [0.5, 0.6) is 0 Å². The first kappa shape index (κ1) is 14.3. The summed E-state index contributed by atoms with van der Waals surface area (Å²) in [5.41, 5.74) is 3.62. The van der Waals surface area contributed by atoms with E-state index in [4.69, 9.17) is 23.2 Å². The second kappa shape index (κ2) is 5.62. The van der Waals surface area contributed by atoms with Crippen LogP contribution >= 0.6 is 23.2 Å². The number of halogens is 2. The molecule has 0 aromatic carbocycles. The highest BCUT2D eigenvalue weighted by atomic mass is 35.5. The minimum Gasteiger partial charge on any atom is -0.305 e. The van der Waals surface area contributed by atoms with Gasteiger partial charge >= 0.3 is 0 Å². The van der Waals surface area contributed by atoms with Crippen molar-refractivity contribution in [2.75, 3.05) is 0 Å². The summed E-state index contributed by atoms with van der Waals surface area (Å²) in [6.07, 6.45) is 3.41. The average Bonchev–Trinajstić information content (AvgIpc) is 2.79. The standard InChI is InChI=1S/C15H14Cl2N4/c1-9-4-3-5-18-13(9)8-21-14(10(2)16)20-12-6-11(17)7-19-15(12)21/h3-7,10H,8H2,1-2H3. The number of aromatic nitrogens is 4. The summed E-state index contributed by atoms with van der Waals surface area (Å²) >= 11 is 12.2. The molecule has 4 nitrogen and oxygen atoms in total. The number of pyridine rings is 2. The Morgan fingerprint density at radius 2 is 2.14 bits per heavy atom. The predicted molar refractivity (Wildman–Crippen MR) is 84.9 cm³/mol. The Hall–Kier alpha value is -1.65. The third-order valence-corrected chi connectivity index (χ3v) is 3.76. The molecule has 0 spiro atoms. The van der Waals surface area contributed by atoms with Crippen LogP contribution in [0.25, 0.3) is 11.2 Å². The lowest BCUT2D eigenvalue weighted by Crippen LogP contribution is -2.08. The van der Waals surface area contributed by atoms with Crippen LogP contribution in [0.1, 0.15) is 29.4 Å². The molecule has 0 aliphatic rings. The van der Waals surface area contributed by atoms with E-state index in [2.05, 4.69) is 15.0 Å². The zero-order chi connectivity index (χ0) is 15.0. The van der Waals surface area contributed by atoms with Crippen molar-refractivity contribution < 1.29 is 0 Å². The predicted octanol–water partition coefficient (Wildman–Crippen LogP) is 4.14. The number of hydrogen-bond acceptors (Lipinski definition) is 3. The molecule has 1 atom stereocenters. The van der Waals surface area contributed by atoms with E-state index >= 15 is 0 Å². The fourth-order valence-electron chi connectivity index (χ4n) is 2.30. The third-order valence-electron chi connectivity index (χ3n) is 3.36. The van der Waals surface area contributed by atoms with Crippen molar-refractivity contribution in [2.24, 2.45) is 0 Å². The average molecular weight is 321 g/mol. The van der Waals surface area contributed by atoms with Crippen LogP contribution in [0.3, 0.4) is 0 Å². The van der Waals surface area contributed by atoms with Gasteiger partial charge in [0.1, 0.15) is 11.3 Å². The summed E-state index contributed by atoms with van der Waals surface area (Å²) in [5, 5.41) is 0.344. The van der Waals surface area contributed by atoms with Gasteiger partial charge < -0.3 is 4.57 Å². The first-order valence-electron chi connectivity index (χ1n) is 6.62. The van der Waals surface area contributed by atoms with Crippen LogP contribution in [0.15, 0.2) is 30.6 Å². The number of hydrogen-bond donors (Lipinski definition) is 0. The Morgan fingerprint density at radius 1 is 1.33 bits per heavy atom. The second-order valence-corrected chi connectivity index (χ2v) is 6.03. The molecule has 21 heavy (non-hydrogen) atoms. The van der Waals surface area contributed by atoms with Gasteiger partial charge in [0.05, 0.1) is 22.6 Å². The Balaban J connectivity index is 2.16. The Morgan fingerprint density at radius 3 is 2.86 bits per heavy atom. The van der Waals surface area contributed by atoms with Crippen LogP contribution in [0.4, 0.5) is 0 Å². The van der Waals surface area contributed by atoms with Crippen molar-refractivity contribution in [2.45, 2.75) is 25.8 Å². The lowest BCUT2D eigenvalue weighted by molar-refractivity contribution is 0.717. The van der Waals surface area contributed by atoms with Gasteiger partial charge in [0, 0.05) is 12.4 Å². The van der Waals surface area contributed by atoms with Gasteiger partial charge in [-0.05, 0) is 31.5 Å². The number of aryl methyl sites for hydroxylation is 1. The van der Waals surface area contributed by atoms with Crippen LogP contribution in [0.2, 0.25) is 5.02 Å². The molecule has 0 amide bonds. The van der Waals surface area contributed by atoms with E-state index in [9.17, 15) is 0 Å². The Bertz CT molecular complexity index is 795. The molecule has 0 bridgehead atoms. The van der Waals surface area contributed by atoms with Crippen molar-refractivity contribution in [3.8, 4) is 0 Å². The van der Waals surface area contributed by atoms with Gasteiger partial charge in [-0.15, -0.1) is 11.6 Å². The minimum absolute atomic E-state index is 0.220. The van der Waals surface area contributed by atoms with Crippen LogP contribution in [0, 0.1) is 6.92 Å². The lowest BCUT2D eigenvalue weighted by atomic mass is 10.2. The molecular formula is C15H14Cl2N4. The maximum atomic E-state index is 6.26. The molecule has 0 N–H and O–H groups in total. The summed E-state index contributed by atoms with van der Waals surface area (Å²) in [7, 11) is 0. The van der Waals surface area contributed by atoms with E-state index in [1.165, 1.54) is 0 Å². The number of imidazole rings is 1. The quantitative estimate of drug-likeness (QED) is 0.681. The Labute approximate surface area is 132 Å². The highest BCUT2D eigenvalue weighted by Gasteiger charge is 2.17. The molecule has 3 aromatic rings. The lowest BCUT2D eigenvalue weighted by Gasteiger charge is -2.11. The molecule has 3 aromatic heterocycles. The molecule has 0 aliphatic heterocycles. The molecule has 0 saturated heterocycles. The zero-order valence-electron chi connectivity index (χ0n) is 11.7. The summed E-state index contributed by atoms with van der Waals surface area (Å²) < 4.78 is 2.00. The van der Waals surface area contributed by atoms with E-state index in [1.807, 2.05) is 30.5 Å². The number of alkyl halides is 1. The summed E-state index contributed by atoms with van der Waals surface area (Å²) in [5.74, 6) is 0.770. The number of fused-ring (bicyclic) bond motifs is 1. The van der Waals surface area contributed by atoms with E-state index in [1.54, 1.807) is 18.5 Å². The summed E-state index contributed by atoms with van der Waals surface area (Å²) in [4.78, 5) is 13.4. The van der Waals surface area contributed by atoms with Gasteiger partial charge in [-0.3, -0.25) is 4.98 Å². The van der Waals surface area contributed by atoms with Crippen molar-refractivity contribution >= 4 is 34.4 Å². The molecule has 108 valence electrons. The van der Waals surface area contributed by atoms with Gasteiger partial charge in [-0.2, -0.15) is 0 Å². The van der Waals surface area contributed by atoms with Crippen molar-refractivity contribution in [3.05, 3.63) is 52.7 Å². The fraction of sp³-hybridized carbons (Fsp3) is 0.267. The second-order valence-electron chi connectivity index (χ2n) is 4.94. The Kier molecular flexibility index (Phi) is 3.83. The third kappa shape index (κ3) is 2.74. The van der Waals surface area contributed by atoms with Crippen molar-refractivity contribution in [1.82, 2.24) is 19.5 Å². The van der Waals surface area contributed by atoms with E-state index in [0.29, 0.717) is 11.6 Å². The summed E-state index contributed by atoms with van der Waals surface area (Å²) in [6.45, 7) is 4.52. The highest BCUT2D eigenvalue weighted by molar-refractivity contribution is 6.31. The molecule has 3 heterocycles. The monoisotopic (exact) mass is 320 g/mol. The van der Waals surface area contributed by atoms with E-state index < -0.39 is 0 Å². The van der Waals surface area contributed by atoms with Gasteiger partial charge in [-0.1, -0.05) is 17.7 Å². The first-order valence-corrected chi connectivity index (χ1v) is 7.44.